The van der Waals surface area contributed by atoms with Crippen molar-refractivity contribution < 1.29 is 13.9 Å². The number of nitrogens with two attached hydrogens (primary N) is 1. The Morgan fingerprint density at radius 3 is 2.67 bits per heavy atom. The number of fused-ring (bicyclic) bond motifs is 1. The lowest BCUT2D eigenvalue weighted by Gasteiger charge is -2.28. The van der Waals surface area contributed by atoms with Gasteiger partial charge < -0.3 is 10.5 Å². The van der Waals surface area contributed by atoms with Crippen LogP contribution in [0.25, 0.3) is 11.1 Å². The van der Waals surface area contributed by atoms with Crippen molar-refractivity contribution in [2.45, 2.75) is 18.4 Å². The summed E-state index contributed by atoms with van der Waals surface area (Å²) in [4.78, 5) is 19.6. The molecule has 6 nitrogen and oxygen atoms in total. The molecular weight excluding hydrogens is 419 g/mol. The summed E-state index contributed by atoms with van der Waals surface area (Å²) in [7, 11) is 1.60. The minimum absolute atomic E-state index is 0.0405. The molecule has 0 saturated carbocycles. The van der Waals surface area contributed by atoms with Crippen LogP contribution in [0.4, 0.5) is 4.39 Å². The SMILES string of the molecule is CN1C(=O)C(c2cccc(-c3ccc(F)c(C#N)c3)c2)(c2ccc3c(c2)CCCO3)N=C1N. The number of carbonyl (C=O) groups is 1. The Labute approximate surface area is 190 Å². The van der Waals surface area contributed by atoms with Crippen molar-refractivity contribution in [3.8, 4) is 22.9 Å². The summed E-state index contributed by atoms with van der Waals surface area (Å²) in [6.45, 7) is 0.675. The van der Waals surface area contributed by atoms with Gasteiger partial charge in [-0.05, 0) is 71.0 Å². The number of benzene rings is 3. The number of hydrogen-bond acceptors (Lipinski definition) is 5. The van der Waals surface area contributed by atoms with Crippen LogP contribution >= 0.6 is 0 Å². The Hall–Kier alpha value is -4.18. The lowest BCUT2D eigenvalue weighted by Crippen LogP contribution is -2.41. The molecule has 0 aromatic heterocycles. The molecule has 0 aliphatic carbocycles. The molecule has 2 aliphatic heterocycles. The minimum atomic E-state index is -1.35. The van der Waals surface area contributed by atoms with E-state index >= 15 is 0 Å². The summed E-state index contributed by atoms with van der Waals surface area (Å²) in [6, 6.07) is 19.3. The van der Waals surface area contributed by atoms with Crippen molar-refractivity contribution in [1.29, 1.82) is 5.26 Å². The van der Waals surface area contributed by atoms with Gasteiger partial charge in [0, 0.05) is 7.05 Å². The van der Waals surface area contributed by atoms with Crippen molar-refractivity contribution in [1.82, 2.24) is 4.90 Å². The fraction of sp³-hybridized carbons (Fsp3) is 0.192. The molecule has 0 bridgehead atoms. The zero-order valence-electron chi connectivity index (χ0n) is 18.0. The van der Waals surface area contributed by atoms with Crippen molar-refractivity contribution in [3.05, 3.63) is 88.7 Å². The largest absolute Gasteiger partial charge is 0.493 e. The number of aryl methyl sites for hydroxylation is 1. The number of carbonyl (C=O) groups excluding carboxylic acids is 1. The molecule has 3 aromatic carbocycles. The number of amides is 1. The second-order valence-electron chi connectivity index (χ2n) is 8.21. The second kappa shape index (κ2) is 7.75. The number of likely N-dealkylation sites (N-methyl/N-ethyl adjacent to an activating group) is 1. The number of guanidine groups is 1. The third-order valence-electron chi connectivity index (χ3n) is 6.27. The number of halogens is 1. The highest BCUT2D eigenvalue weighted by Crippen LogP contribution is 2.42. The number of rotatable bonds is 3. The average Bonchev–Trinajstić information content (AvgIpc) is 3.09. The summed E-state index contributed by atoms with van der Waals surface area (Å²) in [6.07, 6.45) is 1.76. The molecule has 2 N–H and O–H groups in total. The van der Waals surface area contributed by atoms with Crippen LogP contribution in [0.1, 0.15) is 28.7 Å². The van der Waals surface area contributed by atoms with Crippen LogP contribution in [0.2, 0.25) is 0 Å². The minimum Gasteiger partial charge on any atom is -0.493 e. The van der Waals surface area contributed by atoms with Crippen molar-refractivity contribution >= 4 is 11.9 Å². The van der Waals surface area contributed by atoms with Crippen LogP contribution in [0.3, 0.4) is 0 Å². The van der Waals surface area contributed by atoms with Gasteiger partial charge in [-0.1, -0.05) is 30.3 Å². The molecule has 2 aliphatic rings. The number of nitrogens with zero attached hydrogens (tertiary/aromatic N) is 3. The van der Waals surface area contributed by atoms with Gasteiger partial charge in [0.15, 0.2) is 11.5 Å². The lowest BCUT2D eigenvalue weighted by atomic mass is 9.80. The molecule has 3 aromatic rings. The van der Waals surface area contributed by atoms with E-state index in [2.05, 4.69) is 4.99 Å². The first-order valence-electron chi connectivity index (χ1n) is 10.6. The van der Waals surface area contributed by atoms with Gasteiger partial charge in [-0.25, -0.2) is 9.38 Å². The molecule has 0 saturated heterocycles. The maximum Gasteiger partial charge on any atom is 0.266 e. The Morgan fingerprint density at radius 2 is 1.91 bits per heavy atom. The van der Waals surface area contributed by atoms with Crippen molar-refractivity contribution in [2.75, 3.05) is 13.7 Å². The monoisotopic (exact) mass is 440 g/mol. The first kappa shape index (κ1) is 20.7. The summed E-state index contributed by atoms with van der Waals surface area (Å²) < 4.78 is 19.6. The maximum absolute atomic E-state index is 13.9. The third-order valence-corrected chi connectivity index (χ3v) is 6.27. The summed E-state index contributed by atoms with van der Waals surface area (Å²) in [5.74, 6) is 0.119. The Kier molecular flexibility index (Phi) is 4.86. The zero-order valence-corrected chi connectivity index (χ0v) is 18.0. The topological polar surface area (TPSA) is 91.7 Å². The summed E-state index contributed by atoms with van der Waals surface area (Å²) in [5.41, 5.74) is 8.50. The number of ether oxygens (including phenoxy) is 1. The van der Waals surface area contributed by atoms with Gasteiger partial charge in [0.05, 0.1) is 12.2 Å². The summed E-state index contributed by atoms with van der Waals surface area (Å²) >= 11 is 0. The Bertz CT molecular complexity index is 1360. The third kappa shape index (κ3) is 3.23. The van der Waals surface area contributed by atoms with Crippen molar-refractivity contribution in [3.63, 3.8) is 0 Å². The van der Waals surface area contributed by atoms with Gasteiger partial charge in [0.25, 0.3) is 5.91 Å². The van der Waals surface area contributed by atoms with E-state index in [1.54, 1.807) is 13.1 Å². The molecule has 2 heterocycles. The lowest BCUT2D eigenvalue weighted by molar-refractivity contribution is -0.129. The van der Waals surface area contributed by atoms with Crippen LogP contribution in [0.5, 0.6) is 5.75 Å². The zero-order chi connectivity index (χ0) is 23.2. The van der Waals surface area contributed by atoms with Crippen LogP contribution < -0.4 is 10.5 Å². The van der Waals surface area contributed by atoms with Gasteiger partial charge in [0.2, 0.25) is 0 Å². The highest BCUT2D eigenvalue weighted by molar-refractivity contribution is 6.09. The van der Waals surface area contributed by atoms with Crippen molar-refractivity contribution in [2.24, 2.45) is 10.7 Å². The van der Waals surface area contributed by atoms with Crippen LogP contribution in [-0.4, -0.2) is 30.4 Å². The molecule has 164 valence electrons. The molecule has 5 rings (SSSR count). The molecular formula is C26H21FN4O2. The van der Waals surface area contributed by atoms with Crippen LogP contribution in [0, 0.1) is 17.1 Å². The molecule has 1 atom stereocenters. The van der Waals surface area contributed by atoms with E-state index in [1.807, 2.05) is 48.5 Å². The standard InChI is InChI=1S/C26H21FN4O2/c1-31-24(32)26(30-25(31)29,21-8-10-23-18(14-21)5-3-11-33-23)20-6-2-4-16(13-20)17-7-9-22(27)19(12-17)15-28/h2,4,6-10,12-14H,3,5,11H2,1H3,(H2,29,30). The highest BCUT2D eigenvalue weighted by atomic mass is 19.1. The van der Waals surface area contributed by atoms with Gasteiger partial charge in [-0.15, -0.1) is 0 Å². The molecule has 0 radical (unpaired) electrons. The van der Waals surface area contributed by atoms with E-state index in [1.165, 1.54) is 17.0 Å². The summed E-state index contributed by atoms with van der Waals surface area (Å²) in [5, 5.41) is 9.21. The van der Waals surface area contributed by atoms with E-state index in [0.29, 0.717) is 23.3 Å². The Morgan fingerprint density at radius 1 is 1.12 bits per heavy atom. The normalized spacial score (nSPS) is 19.5. The van der Waals surface area contributed by atoms with Crippen LogP contribution in [0.15, 0.2) is 65.7 Å². The van der Waals surface area contributed by atoms with E-state index < -0.39 is 11.4 Å². The van der Waals surface area contributed by atoms with Crippen LogP contribution in [-0.2, 0) is 16.8 Å². The van der Waals surface area contributed by atoms with Gasteiger partial charge in [0.1, 0.15) is 17.6 Å². The van der Waals surface area contributed by atoms with E-state index in [-0.39, 0.29) is 17.4 Å². The molecule has 33 heavy (non-hydrogen) atoms. The second-order valence-corrected chi connectivity index (χ2v) is 8.21. The quantitative estimate of drug-likeness (QED) is 0.672. The first-order chi connectivity index (χ1) is 15.9. The van der Waals surface area contributed by atoms with E-state index in [0.717, 1.165) is 29.7 Å². The highest BCUT2D eigenvalue weighted by Gasteiger charge is 2.49. The molecule has 0 fully saturated rings. The van der Waals surface area contributed by atoms with Gasteiger partial charge in [-0.3, -0.25) is 9.69 Å². The van der Waals surface area contributed by atoms with E-state index in [4.69, 9.17) is 10.5 Å². The van der Waals surface area contributed by atoms with Gasteiger partial charge in [-0.2, -0.15) is 5.26 Å². The van der Waals surface area contributed by atoms with Gasteiger partial charge >= 0.3 is 0 Å². The number of hydrogen-bond donors (Lipinski definition) is 1. The fourth-order valence-electron chi connectivity index (χ4n) is 4.48. The predicted octanol–water partition coefficient (Wildman–Crippen LogP) is 3.72. The van der Waals surface area contributed by atoms with E-state index in [9.17, 15) is 14.4 Å². The number of aliphatic imine (C=N–C) groups is 1. The first-order valence-corrected chi connectivity index (χ1v) is 10.6. The molecule has 1 amide bonds. The molecule has 0 spiro atoms. The molecule has 7 heteroatoms. The average molecular weight is 440 g/mol. The number of nitriles is 1. The smallest absolute Gasteiger partial charge is 0.266 e. The fourth-order valence-corrected chi connectivity index (χ4v) is 4.48. The maximum atomic E-state index is 13.9. The molecule has 1 unspecified atom stereocenters. The predicted molar refractivity (Wildman–Crippen MR) is 122 cm³/mol. The Balaban J connectivity index is 1.69.